The highest BCUT2D eigenvalue weighted by Gasteiger charge is 2.18. The van der Waals surface area contributed by atoms with Crippen LogP contribution in [0, 0.1) is 0 Å². The molecule has 0 saturated carbocycles. The molecule has 0 spiro atoms. The topological polar surface area (TPSA) is 58.1 Å². The smallest absolute Gasteiger partial charge is 0.257 e. The molecule has 20 heavy (non-hydrogen) atoms. The first kappa shape index (κ1) is 14.0. The van der Waals surface area contributed by atoms with Crippen molar-refractivity contribution in [2.45, 2.75) is 13.5 Å². The van der Waals surface area contributed by atoms with E-state index in [1.807, 2.05) is 19.1 Å². The van der Waals surface area contributed by atoms with E-state index in [0.29, 0.717) is 24.5 Å². The fourth-order valence-electron chi connectivity index (χ4n) is 1.98. The molecule has 0 aliphatic heterocycles. The van der Waals surface area contributed by atoms with Crippen LogP contribution in [0.25, 0.3) is 0 Å². The van der Waals surface area contributed by atoms with Crippen molar-refractivity contribution in [3.63, 3.8) is 0 Å². The van der Waals surface area contributed by atoms with Gasteiger partial charge in [-0.1, -0.05) is 0 Å². The summed E-state index contributed by atoms with van der Waals surface area (Å²) in [5, 5.41) is 2.95. The summed E-state index contributed by atoms with van der Waals surface area (Å²) in [5.41, 5.74) is 1.65. The zero-order valence-corrected chi connectivity index (χ0v) is 11.7. The summed E-state index contributed by atoms with van der Waals surface area (Å²) in [4.78, 5) is 22.5. The molecular weight excluding hydrogens is 252 g/mol. The molecule has 5 nitrogen and oxygen atoms in total. The van der Waals surface area contributed by atoms with Crippen molar-refractivity contribution in [1.82, 2.24) is 14.9 Å². The molecule has 0 aliphatic carbocycles. The fourth-order valence-corrected chi connectivity index (χ4v) is 1.98. The van der Waals surface area contributed by atoms with Crippen molar-refractivity contribution in [2.75, 3.05) is 18.9 Å². The maximum absolute atomic E-state index is 12.6. The summed E-state index contributed by atoms with van der Waals surface area (Å²) < 4.78 is 0. The third-order valence-corrected chi connectivity index (χ3v) is 3.07. The van der Waals surface area contributed by atoms with E-state index < -0.39 is 0 Å². The number of amides is 1. The monoisotopic (exact) mass is 270 g/mol. The number of hydrogen-bond donors (Lipinski definition) is 1. The molecule has 0 unspecified atom stereocenters. The molecule has 0 aromatic carbocycles. The van der Waals surface area contributed by atoms with Gasteiger partial charge in [0.05, 0.1) is 5.56 Å². The maximum atomic E-state index is 12.6. The predicted octanol–water partition coefficient (Wildman–Crippen LogP) is 2.18. The van der Waals surface area contributed by atoms with E-state index in [0.717, 1.165) is 5.56 Å². The van der Waals surface area contributed by atoms with Crippen LogP contribution >= 0.6 is 0 Å². The highest BCUT2D eigenvalue weighted by Crippen LogP contribution is 2.15. The van der Waals surface area contributed by atoms with Crippen LogP contribution in [-0.2, 0) is 6.54 Å². The van der Waals surface area contributed by atoms with Crippen LogP contribution in [-0.4, -0.2) is 34.4 Å². The number of pyridine rings is 2. The summed E-state index contributed by atoms with van der Waals surface area (Å²) in [6, 6.07) is 7.39. The van der Waals surface area contributed by atoms with Gasteiger partial charge in [-0.15, -0.1) is 0 Å². The van der Waals surface area contributed by atoms with Gasteiger partial charge in [0.15, 0.2) is 0 Å². The molecule has 0 bridgehead atoms. The number of nitrogens with one attached hydrogen (secondary N) is 1. The molecular formula is C15H18N4O. The summed E-state index contributed by atoms with van der Waals surface area (Å²) in [6.07, 6.45) is 5.13. The zero-order chi connectivity index (χ0) is 14.4. The summed E-state index contributed by atoms with van der Waals surface area (Å²) in [5.74, 6) is 0.576. The lowest BCUT2D eigenvalue weighted by Gasteiger charge is -2.22. The number of rotatable bonds is 5. The molecule has 2 heterocycles. The Labute approximate surface area is 118 Å². The molecule has 0 fully saturated rings. The average Bonchev–Trinajstić information content (AvgIpc) is 2.53. The first-order chi connectivity index (χ1) is 9.76. The van der Waals surface area contributed by atoms with Crippen LogP contribution < -0.4 is 5.32 Å². The largest absolute Gasteiger partial charge is 0.372 e. The zero-order valence-electron chi connectivity index (χ0n) is 11.7. The van der Waals surface area contributed by atoms with Crippen LogP contribution in [0.1, 0.15) is 22.8 Å². The fraction of sp³-hybridized carbons (Fsp3) is 0.267. The summed E-state index contributed by atoms with van der Waals surface area (Å²) in [7, 11) is 1.76. The summed E-state index contributed by atoms with van der Waals surface area (Å²) >= 11 is 0. The standard InChI is InChI=1S/C15H18N4O/c1-3-19(11-12-6-9-17-10-7-12)15(20)13-5-4-8-18-14(13)16-2/h4-10H,3,11H2,1-2H3,(H,16,18). The van der Waals surface area contributed by atoms with E-state index in [4.69, 9.17) is 0 Å². The number of aromatic nitrogens is 2. The third-order valence-electron chi connectivity index (χ3n) is 3.07. The highest BCUT2D eigenvalue weighted by atomic mass is 16.2. The summed E-state index contributed by atoms with van der Waals surface area (Å²) in [6.45, 7) is 3.17. The van der Waals surface area contributed by atoms with Gasteiger partial charge in [-0.25, -0.2) is 4.98 Å². The molecule has 2 aromatic rings. The van der Waals surface area contributed by atoms with Crippen LogP contribution in [0.5, 0.6) is 0 Å². The first-order valence-electron chi connectivity index (χ1n) is 6.57. The minimum absolute atomic E-state index is 0.0261. The Balaban J connectivity index is 2.21. The Kier molecular flexibility index (Phi) is 4.65. The van der Waals surface area contributed by atoms with Gasteiger partial charge in [0, 0.05) is 38.7 Å². The van der Waals surface area contributed by atoms with E-state index in [9.17, 15) is 4.79 Å². The lowest BCUT2D eigenvalue weighted by atomic mass is 10.2. The molecule has 0 radical (unpaired) electrons. The molecule has 104 valence electrons. The van der Waals surface area contributed by atoms with E-state index in [2.05, 4.69) is 15.3 Å². The van der Waals surface area contributed by atoms with Gasteiger partial charge in [-0.3, -0.25) is 9.78 Å². The second kappa shape index (κ2) is 6.65. The van der Waals surface area contributed by atoms with Crippen molar-refractivity contribution < 1.29 is 4.79 Å². The molecule has 2 aromatic heterocycles. The number of hydrogen-bond acceptors (Lipinski definition) is 4. The lowest BCUT2D eigenvalue weighted by Crippen LogP contribution is -2.31. The van der Waals surface area contributed by atoms with E-state index in [1.54, 1.807) is 42.7 Å². The van der Waals surface area contributed by atoms with Gasteiger partial charge in [-0.05, 0) is 36.8 Å². The molecule has 2 rings (SSSR count). The maximum Gasteiger partial charge on any atom is 0.257 e. The quantitative estimate of drug-likeness (QED) is 0.904. The number of carbonyl (C=O) groups excluding carboxylic acids is 1. The predicted molar refractivity (Wildman–Crippen MR) is 78.4 cm³/mol. The van der Waals surface area contributed by atoms with Crippen molar-refractivity contribution in [3.8, 4) is 0 Å². The van der Waals surface area contributed by atoms with Crippen LogP contribution in [0.4, 0.5) is 5.82 Å². The van der Waals surface area contributed by atoms with E-state index >= 15 is 0 Å². The Morgan fingerprint density at radius 3 is 2.65 bits per heavy atom. The van der Waals surface area contributed by atoms with Gasteiger partial charge < -0.3 is 10.2 Å². The van der Waals surface area contributed by atoms with Crippen molar-refractivity contribution in [3.05, 3.63) is 54.0 Å². The third kappa shape index (κ3) is 3.12. The Morgan fingerprint density at radius 2 is 2.00 bits per heavy atom. The minimum atomic E-state index is -0.0261. The van der Waals surface area contributed by atoms with Crippen molar-refractivity contribution in [2.24, 2.45) is 0 Å². The van der Waals surface area contributed by atoms with Gasteiger partial charge in [0.1, 0.15) is 5.82 Å². The van der Waals surface area contributed by atoms with Crippen LogP contribution in [0.15, 0.2) is 42.9 Å². The van der Waals surface area contributed by atoms with Gasteiger partial charge in [0.2, 0.25) is 0 Å². The Morgan fingerprint density at radius 1 is 1.25 bits per heavy atom. The molecule has 1 N–H and O–H groups in total. The minimum Gasteiger partial charge on any atom is -0.372 e. The SMILES string of the molecule is CCN(Cc1ccncc1)C(=O)c1cccnc1NC. The van der Waals surface area contributed by atoms with Crippen LogP contribution in [0.2, 0.25) is 0 Å². The van der Waals surface area contributed by atoms with E-state index in [1.165, 1.54) is 0 Å². The van der Waals surface area contributed by atoms with Crippen molar-refractivity contribution in [1.29, 1.82) is 0 Å². The Hall–Kier alpha value is -2.43. The molecule has 0 aliphatic rings. The first-order valence-corrected chi connectivity index (χ1v) is 6.57. The number of nitrogens with zero attached hydrogens (tertiary/aromatic N) is 3. The van der Waals surface area contributed by atoms with Crippen molar-refractivity contribution >= 4 is 11.7 Å². The number of anilines is 1. The van der Waals surface area contributed by atoms with Gasteiger partial charge in [-0.2, -0.15) is 0 Å². The molecule has 5 heteroatoms. The second-order valence-corrected chi connectivity index (χ2v) is 4.32. The van der Waals surface area contributed by atoms with Crippen LogP contribution in [0.3, 0.4) is 0 Å². The Bertz CT molecular complexity index is 571. The highest BCUT2D eigenvalue weighted by molar-refractivity contribution is 5.98. The van der Waals surface area contributed by atoms with Gasteiger partial charge in [0.25, 0.3) is 5.91 Å². The number of carbonyl (C=O) groups is 1. The average molecular weight is 270 g/mol. The van der Waals surface area contributed by atoms with E-state index in [-0.39, 0.29) is 5.91 Å². The molecule has 1 amide bonds. The molecule has 0 saturated heterocycles. The molecule has 0 atom stereocenters. The van der Waals surface area contributed by atoms with Gasteiger partial charge >= 0.3 is 0 Å². The normalized spacial score (nSPS) is 10.1. The lowest BCUT2D eigenvalue weighted by molar-refractivity contribution is 0.0753. The second-order valence-electron chi connectivity index (χ2n) is 4.32.